The lowest BCUT2D eigenvalue weighted by atomic mass is 10.0. The molecule has 1 saturated heterocycles. The lowest BCUT2D eigenvalue weighted by Crippen LogP contribution is -2.38. The van der Waals surface area contributed by atoms with Crippen LogP contribution in [0.15, 0.2) is 67.3 Å². The molecule has 0 spiro atoms. The molecule has 39 heavy (non-hydrogen) atoms. The van der Waals surface area contributed by atoms with E-state index in [4.69, 9.17) is 19.7 Å². The number of carbonyl (C=O) groups excluding carboxylic acids is 2. The van der Waals surface area contributed by atoms with E-state index in [0.29, 0.717) is 11.1 Å². The summed E-state index contributed by atoms with van der Waals surface area (Å²) in [5, 5.41) is 11.1. The van der Waals surface area contributed by atoms with Crippen LogP contribution < -0.4 is 5.73 Å². The van der Waals surface area contributed by atoms with Crippen molar-refractivity contribution in [1.82, 2.24) is 19.5 Å². The van der Waals surface area contributed by atoms with Crippen molar-refractivity contribution in [2.75, 3.05) is 12.3 Å². The Morgan fingerprint density at radius 1 is 1.03 bits per heavy atom. The number of esters is 1. The number of hydrogen-bond donors (Lipinski definition) is 4. The van der Waals surface area contributed by atoms with Crippen LogP contribution in [-0.4, -0.2) is 71.1 Å². The van der Waals surface area contributed by atoms with E-state index in [9.17, 15) is 24.5 Å². The minimum Gasteiger partial charge on any atom is -0.453 e. The zero-order chi connectivity index (χ0) is 27.7. The summed E-state index contributed by atoms with van der Waals surface area (Å²) < 4.78 is 17.8. The monoisotopic (exact) mass is 571 g/mol. The Morgan fingerprint density at radius 3 is 2.38 bits per heavy atom. The first kappa shape index (κ1) is 27.0. The molecule has 0 radical (unpaired) electrons. The third kappa shape index (κ3) is 5.72. The molecule has 1 fully saturated rings. The van der Waals surface area contributed by atoms with Gasteiger partial charge in [0, 0.05) is 11.1 Å². The fourth-order valence-corrected chi connectivity index (χ4v) is 4.69. The highest BCUT2D eigenvalue weighted by Crippen LogP contribution is 2.40. The average Bonchev–Trinajstić information content (AvgIpc) is 3.49. The molecule has 0 amide bonds. The molecule has 3 heterocycles. The van der Waals surface area contributed by atoms with E-state index in [2.05, 4.69) is 26.8 Å². The Labute approximate surface area is 226 Å². The topological polar surface area (TPSA) is 192 Å². The molecule has 13 nitrogen and oxygen atoms in total. The number of fused-ring (bicyclic) bond motifs is 1. The number of nitrogen functional groups attached to an aromatic ring is 1. The molecule has 5 rings (SSSR count). The van der Waals surface area contributed by atoms with Gasteiger partial charge in [0.05, 0.1) is 18.5 Å². The van der Waals surface area contributed by atoms with Crippen LogP contribution in [0, 0.1) is 0 Å². The maximum atomic E-state index is 13.0. The molecule has 1 aliphatic heterocycles. The predicted octanol–water partition coefficient (Wildman–Crippen LogP) is 1.35. The van der Waals surface area contributed by atoms with Crippen molar-refractivity contribution in [2.45, 2.75) is 24.5 Å². The molecule has 15 heteroatoms. The average molecular weight is 572 g/mol. The quantitative estimate of drug-likeness (QED) is 0.135. The van der Waals surface area contributed by atoms with Gasteiger partial charge in [-0.3, -0.25) is 9.36 Å². The highest BCUT2D eigenvalue weighted by atomic mass is 32.5. The lowest BCUT2D eigenvalue weighted by Gasteiger charge is -2.21. The van der Waals surface area contributed by atoms with E-state index in [0.717, 1.165) is 0 Å². The molecule has 0 aliphatic carbocycles. The van der Waals surface area contributed by atoms with Crippen LogP contribution >= 0.6 is 6.72 Å². The van der Waals surface area contributed by atoms with Crippen molar-refractivity contribution in [3.05, 3.63) is 83.9 Å². The summed E-state index contributed by atoms with van der Waals surface area (Å²) in [6.45, 7) is -4.58. The number of aliphatic hydroxyl groups is 1. The highest BCUT2D eigenvalue weighted by Gasteiger charge is 2.48. The van der Waals surface area contributed by atoms with Gasteiger partial charge < -0.3 is 34.6 Å². The molecule has 4 atom stereocenters. The van der Waals surface area contributed by atoms with Crippen LogP contribution in [0.1, 0.15) is 32.5 Å². The Hall–Kier alpha value is -3.62. The Kier molecular flexibility index (Phi) is 7.51. The van der Waals surface area contributed by atoms with Gasteiger partial charge in [0.1, 0.15) is 24.1 Å². The summed E-state index contributed by atoms with van der Waals surface area (Å²) >= 11 is 4.51. The zero-order valence-corrected chi connectivity index (χ0v) is 21.7. The predicted molar refractivity (Wildman–Crippen MR) is 140 cm³/mol. The first-order valence-electron chi connectivity index (χ1n) is 11.5. The first-order chi connectivity index (χ1) is 18.6. The van der Waals surface area contributed by atoms with Crippen LogP contribution in [0.4, 0.5) is 5.82 Å². The van der Waals surface area contributed by atoms with Gasteiger partial charge in [-0.25, -0.2) is 19.7 Å². The van der Waals surface area contributed by atoms with E-state index in [1.54, 1.807) is 30.3 Å². The lowest BCUT2D eigenvalue weighted by molar-refractivity contribution is -0.0503. The van der Waals surface area contributed by atoms with Gasteiger partial charge in [-0.2, -0.15) is 0 Å². The smallest absolute Gasteiger partial charge is 0.338 e. The van der Waals surface area contributed by atoms with E-state index in [-0.39, 0.29) is 28.3 Å². The van der Waals surface area contributed by atoms with Gasteiger partial charge in [0.2, 0.25) is 0 Å². The Morgan fingerprint density at radius 2 is 1.69 bits per heavy atom. The number of anilines is 1. The number of benzene rings is 2. The summed E-state index contributed by atoms with van der Waals surface area (Å²) in [6, 6.07) is 14.5. The third-order valence-corrected chi connectivity index (χ3v) is 6.84. The van der Waals surface area contributed by atoms with E-state index in [1.165, 1.54) is 41.5 Å². The number of rotatable bonds is 8. The summed E-state index contributed by atoms with van der Waals surface area (Å²) in [4.78, 5) is 56.9. The Bertz CT molecular complexity index is 1560. The SMILES string of the molecule is Nc1ncnc2c1ncn2[C@@H]1O[C@H](COP(O)(O)=S)[C@@H](OC(=O)c2ccc(C(=O)c3ccccc3)cc2)[C@H]1O. The van der Waals surface area contributed by atoms with E-state index in [1.807, 2.05) is 0 Å². The molecule has 0 unspecified atom stereocenters. The number of aliphatic hydroxyl groups excluding tert-OH is 1. The van der Waals surface area contributed by atoms with Crippen molar-refractivity contribution in [3.8, 4) is 0 Å². The molecule has 2 aromatic carbocycles. The minimum absolute atomic E-state index is 0.109. The zero-order valence-electron chi connectivity index (χ0n) is 20.0. The van der Waals surface area contributed by atoms with Crippen molar-refractivity contribution < 1.29 is 38.5 Å². The maximum Gasteiger partial charge on any atom is 0.338 e. The van der Waals surface area contributed by atoms with Crippen molar-refractivity contribution in [2.24, 2.45) is 0 Å². The molecular formula is C24H22N5O8PS. The van der Waals surface area contributed by atoms with Crippen molar-refractivity contribution in [3.63, 3.8) is 0 Å². The third-order valence-electron chi connectivity index (χ3n) is 6.04. The van der Waals surface area contributed by atoms with Crippen LogP contribution in [0.2, 0.25) is 0 Å². The number of carbonyl (C=O) groups is 2. The van der Waals surface area contributed by atoms with Gasteiger partial charge in [0.25, 0.3) is 0 Å². The molecule has 5 N–H and O–H groups in total. The van der Waals surface area contributed by atoms with Gasteiger partial charge in [0.15, 0.2) is 29.6 Å². The largest absolute Gasteiger partial charge is 0.453 e. The molecule has 0 saturated carbocycles. The second-order valence-electron chi connectivity index (χ2n) is 8.57. The van der Waals surface area contributed by atoms with Crippen LogP contribution in [-0.2, 0) is 25.8 Å². The fourth-order valence-electron chi connectivity index (χ4n) is 4.16. The molecule has 0 bridgehead atoms. The summed E-state index contributed by atoms with van der Waals surface area (Å²) in [5.74, 6) is -0.915. The van der Waals surface area contributed by atoms with Crippen molar-refractivity contribution in [1.29, 1.82) is 0 Å². The number of nitrogens with two attached hydrogens (primary N) is 1. The van der Waals surface area contributed by atoms with Crippen LogP contribution in [0.5, 0.6) is 0 Å². The van der Waals surface area contributed by atoms with Gasteiger partial charge in [-0.1, -0.05) is 42.5 Å². The molecular weight excluding hydrogens is 549 g/mol. The van der Waals surface area contributed by atoms with E-state index < -0.39 is 43.8 Å². The van der Waals surface area contributed by atoms with Crippen LogP contribution in [0.25, 0.3) is 11.2 Å². The summed E-state index contributed by atoms with van der Waals surface area (Å²) in [7, 11) is 0. The number of aromatic nitrogens is 4. The number of nitrogens with zero attached hydrogens (tertiary/aromatic N) is 4. The minimum atomic E-state index is -4.08. The molecule has 1 aliphatic rings. The fraction of sp³-hybridized carbons (Fsp3) is 0.208. The second-order valence-corrected chi connectivity index (χ2v) is 11.2. The number of hydrogen-bond acceptors (Lipinski definition) is 11. The molecule has 2 aromatic heterocycles. The number of ketones is 1. The second kappa shape index (κ2) is 10.9. The van der Waals surface area contributed by atoms with Crippen LogP contribution in [0.3, 0.4) is 0 Å². The van der Waals surface area contributed by atoms with Gasteiger partial charge in [-0.05, 0) is 23.9 Å². The Balaban J connectivity index is 1.37. The molecule has 4 aromatic rings. The summed E-state index contributed by atoms with van der Waals surface area (Å²) in [5.41, 5.74) is 7.35. The standard InChI is InChI=1S/C24H22N5O8PS/c25-21-17-22(27-11-26-21)29(12-28-17)23-19(31)20(16(36-23)10-35-38(33,34)39)37-24(32)15-8-6-14(7-9-15)18(30)13-4-2-1-3-5-13/h1-9,11-12,16,19-20,23,31H,10H2,(H2,25,26,27)(H2,33,34,39)/t16-,19-,20-,23-/m1/s1. The van der Waals surface area contributed by atoms with E-state index >= 15 is 0 Å². The normalized spacial score (nSPS) is 21.2. The van der Waals surface area contributed by atoms with Gasteiger partial charge in [-0.15, -0.1) is 0 Å². The highest BCUT2D eigenvalue weighted by molar-refractivity contribution is 8.06. The first-order valence-corrected chi connectivity index (χ1v) is 14.1. The summed E-state index contributed by atoms with van der Waals surface area (Å²) in [6.07, 6.45) is -2.52. The molecule has 202 valence electrons. The number of imidazole rings is 1. The van der Waals surface area contributed by atoms with Crippen molar-refractivity contribution >= 4 is 47.3 Å². The number of ether oxygens (including phenoxy) is 2. The van der Waals surface area contributed by atoms with Gasteiger partial charge >= 0.3 is 12.7 Å². The maximum absolute atomic E-state index is 13.0.